The lowest BCUT2D eigenvalue weighted by molar-refractivity contribution is -0.127. The molecule has 0 saturated carbocycles. The van der Waals surface area contributed by atoms with Gasteiger partial charge in [0.15, 0.2) is 17.3 Å². The summed E-state index contributed by atoms with van der Waals surface area (Å²) in [5.74, 6) is -3.69. The van der Waals surface area contributed by atoms with Gasteiger partial charge in [0.05, 0.1) is 11.0 Å². The molecule has 0 bridgehead atoms. The zero-order valence-electron chi connectivity index (χ0n) is 27.9. The van der Waals surface area contributed by atoms with Gasteiger partial charge in [-0.3, -0.25) is 14.4 Å². The van der Waals surface area contributed by atoms with Crippen molar-refractivity contribution in [2.45, 2.75) is 112 Å². The Morgan fingerprint density at radius 1 is 0.889 bits per heavy atom. The number of phenolic OH excluding ortho intramolecular Hbond substituents is 2. The van der Waals surface area contributed by atoms with Crippen LogP contribution in [0.2, 0.25) is 0 Å². The summed E-state index contributed by atoms with van der Waals surface area (Å²) in [7, 11) is 0. The number of aliphatic hydroxyl groups is 2. The third-order valence-corrected chi connectivity index (χ3v) is 8.43. The molecule has 1 aromatic rings. The number of ether oxygens (including phenoxy) is 1. The molecule has 1 unspecified atom stereocenters. The van der Waals surface area contributed by atoms with Crippen molar-refractivity contribution in [3.05, 3.63) is 68.7 Å². The number of hydrogen-bond donors (Lipinski definition) is 4. The number of phenols is 2. The van der Waals surface area contributed by atoms with E-state index in [1.807, 2.05) is 33.8 Å². The van der Waals surface area contributed by atoms with E-state index in [1.165, 1.54) is 12.5 Å². The lowest BCUT2D eigenvalue weighted by Crippen LogP contribution is -2.39. The smallest absolute Gasteiger partial charge is 0.183 e. The zero-order chi connectivity index (χ0) is 33.9. The van der Waals surface area contributed by atoms with E-state index in [9.17, 15) is 34.8 Å². The van der Waals surface area contributed by atoms with E-state index in [4.69, 9.17) is 4.74 Å². The minimum Gasteiger partial charge on any atom is -0.511 e. The number of hydrogen-bond acceptors (Lipinski definition) is 8. The van der Waals surface area contributed by atoms with Gasteiger partial charge in [0.25, 0.3) is 0 Å². The maximum atomic E-state index is 13.9. The highest BCUT2D eigenvalue weighted by molar-refractivity contribution is 6.24. The van der Waals surface area contributed by atoms with Crippen LogP contribution in [0.5, 0.6) is 17.2 Å². The number of rotatable bonds is 13. The fraction of sp³-hybridized carbons (Fsp3) is 0.486. The first-order valence-electron chi connectivity index (χ1n) is 15.8. The van der Waals surface area contributed by atoms with Gasteiger partial charge >= 0.3 is 0 Å². The van der Waals surface area contributed by atoms with E-state index in [2.05, 4.69) is 6.08 Å². The van der Waals surface area contributed by atoms with Crippen molar-refractivity contribution >= 4 is 23.4 Å². The second kappa shape index (κ2) is 13.9. The number of ketones is 3. The van der Waals surface area contributed by atoms with Crippen molar-refractivity contribution in [3.8, 4) is 17.2 Å². The summed E-state index contributed by atoms with van der Waals surface area (Å²) in [5.41, 5.74) is -0.860. The molecule has 0 amide bonds. The molecule has 0 saturated heterocycles. The largest absolute Gasteiger partial charge is 0.511 e. The van der Waals surface area contributed by atoms with Crippen molar-refractivity contribution in [2.24, 2.45) is 5.41 Å². The molecule has 45 heavy (non-hydrogen) atoms. The van der Waals surface area contributed by atoms with Gasteiger partial charge in [0, 0.05) is 30.4 Å². The van der Waals surface area contributed by atoms with Gasteiger partial charge < -0.3 is 25.2 Å². The Balaban J connectivity index is 2.24. The monoisotopic (exact) mass is 620 g/mol. The Bertz CT molecular complexity index is 1540. The van der Waals surface area contributed by atoms with Gasteiger partial charge in [-0.25, -0.2) is 0 Å². The molecule has 0 aromatic heterocycles. The lowest BCUT2D eigenvalue weighted by atomic mass is 9.69. The Hall–Kier alpha value is -4.07. The normalized spacial score (nSPS) is 19.4. The van der Waals surface area contributed by atoms with E-state index < -0.39 is 63.4 Å². The van der Waals surface area contributed by atoms with Gasteiger partial charge in [-0.2, -0.15) is 0 Å². The average molecular weight is 621 g/mol. The third-order valence-electron chi connectivity index (χ3n) is 8.43. The van der Waals surface area contributed by atoms with Gasteiger partial charge in [-0.1, -0.05) is 37.1 Å². The van der Waals surface area contributed by atoms with Crippen LogP contribution in [0, 0.1) is 5.41 Å². The highest BCUT2D eigenvalue weighted by Crippen LogP contribution is 2.50. The molecular formula is C37H48O8. The highest BCUT2D eigenvalue weighted by atomic mass is 16.5. The van der Waals surface area contributed by atoms with Gasteiger partial charge in [0.1, 0.15) is 45.5 Å². The molecule has 244 valence electrons. The standard InChI is InChI=1S/C37H48O8/c1-9-12-26(38)28-31(41)24(30(40)23-17-18-36(6,7)45-33(23)28)20-25-32(42)29(27(39)13-10-2)35(44)37(8,34(25)43)19-16-22(5)15-11-14-21(3)4/h14,16-18,40-43H,9-13,15,19-20H2,1-8H3/b22-16+. The first-order chi connectivity index (χ1) is 21.0. The van der Waals surface area contributed by atoms with Crippen molar-refractivity contribution in [3.63, 3.8) is 0 Å². The van der Waals surface area contributed by atoms with Crippen molar-refractivity contribution in [1.82, 2.24) is 0 Å². The fourth-order valence-corrected chi connectivity index (χ4v) is 5.70. The number of carbonyl (C=O) groups excluding carboxylic acids is 3. The van der Waals surface area contributed by atoms with Crippen LogP contribution in [0.4, 0.5) is 0 Å². The summed E-state index contributed by atoms with van der Waals surface area (Å²) in [6.45, 7) is 14.7. The molecule has 1 heterocycles. The molecule has 1 aliphatic carbocycles. The number of allylic oxidation sites excluding steroid dienone is 7. The van der Waals surface area contributed by atoms with Crippen molar-refractivity contribution in [1.29, 1.82) is 0 Å². The summed E-state index contributed by atoms with van der Waals surface area (Å²) >= 11 is 0. The molecule has 0 spiro atoms. The van der Waals surface area contributed by atoms with Crippen molar-refractivity contribution in [2.75, 3.05) is 0 Å². The van der Waals surface area contributed by atoms with Gasteiger partial charge in [0.2, 0.25) is 0 Å². The average Bonchev–Trinajstić information content (AvgIpc) is 2.94. The maximum absolute atomic E-state index is 13.9. The minimum atomic E-state index is -1.59. The summed E-state index contributed by atoms with van der Waals surface area (Å²) < 4.78 is 6.04. The topological polar surface area (TPSA) is 141 Å². The van der Waals surface area contributed by atoms with E-state index in [0.717, 1.165) is 18.4 Å². The molecule has 1 aromatic carbocycles. The number of Topliss-reactive ketones (excluding diaryl/α,β-unsaturated/α-hetero) is 3. The van der Waals surface area contributed by atoms with E-state index in [0.29, 0.717) is 12.8 Å². The Morgan fingerprint density at radius 2 is 1.51 bits per heavy atom. The lowest BCUT2D eigenvalue weighted by Gasteiger charge is -2.34. The van der Waals surface area contributed by atoms with Crippen LogP contribution in [-0.4, -0.2) is 43.4 Å². The highest BCUT2D eigenvalue weighted by Gasteiger charge is 2.48. The van der Waals surface area contributed by atoms with E-state index in [-0.39, 0.29) is 47.3 Å². The van der Waals surface area contributed by atoms with Crippen LogP contribution in [0.1, 0.15) is 122 Å². The summed E-state index contributed by atoms with van der Waals surface area (Å²) in [4.78, 5) is 40.4. The third kappa shape index (κ3) is 7.26. The van der Waals surface area contributed by atoms with Crippen LogP contribution in [0.15, 0.2) is 52.0 Å². The number of benzene rings is 1. The number of aromatic hydroxyl groups is 2. The van der Waals surface area contributed by atoms with Crippen LogP contribution in [-0.2, 0) is 16.0 Å². The second-order valence-corrected chi connectivity index (χ2v) is 13.1. The minimum absolute atomic E-state index is 0.00968. The quantitative estimate of drug-likeness (QED) is 0.0977. The van der Waals surface area contributed by atoms with Crippen LogP contribution < -0.4 is 4.74 Å². The molecule has 2 aliphatic rings. The molecule has 8 heteroatoms. The van der Waals surface area contributed by atoms with Crippen LogP contribution in [0.25, 0.3) is 6.08 Å². The van der Waals surface area contributed by atoms with E-state index in [1.54, 1.807) is 32.9 Å². The maximum Gasteiger partial charge on any atom is 0.183 e. The molecule has 3 rings (SSSR count). The molecule has 8 nitrogen and oxygen atoms in total. The van der Waals surface area contributed by atoms with Gasteiger partial charge in [-0.15, -0.1) is 0 Å². The Kier molecular flexibility index (Phi) is 11.0. The first-order valence-corrected chi connectivity index (χ1v) is 15.8. The summed E-state index contributed by atoms with van der Waals surface area (Å²) in [6.07, 6.45) is 9.51. The zero-order valence-corrected chi connectivity index (χ0v) is 27.9. The predicted molar refractivity (Wildman–Crippen MR) is 176 cm³/mol. The molecule has 1 atom stereocenters. The molecule has 1 aliphatic heterocycles. The predicted octanol–water partition coefficient (Wildman–Crippen LogP) is 8.47. The SMILES string of the molecule is CCCC(=O)C1=C(O)C(Cc2c(O)c3c(c(C(=O)CCC)c2O)OC(C)(C)C=C3)=C(O)C(C)(C/C=C(\C)CCC=C(C)C)C1=O. The fourth-order valence-electron chi connectivity index (χ4n) is 5.70. The summed E-state index contributed by atoms with van der Waals surface area (Å²) in [5, 5.41) is 46.0. The van der Waals surface area contributed by atoms with Crippen LogP contribution >= 0.6 is 0 Å². The molecule has 4 N–H and O–H groups in total. The molecule has 0 fully saturated rings. The van der Waals surface area contributed by atoms with Gasteiger partial charge in [-0.05, 0) is 85.8 Å². The number of aliphatic hydroxyl groups excluding tert-OH is 2. The first kappa shape index (κ1) is 35.4. The molecular weight excluding hydrogens is 572 g/mol. The van der Waals surface area contributed by atoms with Crippen molar-refractivity contribution < 1.29 is 39.5 Å². The summed E-state index contributed by atoms with van der Waals surface area (Å²) in [6, 6.07) is 0. The number of carbonyl (C=O) groups is 3. The van der Waals surface area contributed by atoms with Crippen LogP contribution in [0.3, 0.4) is 0 Å². The Labute approximate surface area is 266 Å². The second-order valence-electron chi connectivity index (χ2n) is 13.1. The number of fused-ring (bicyclic) bond motifs is 1. The Morgan fingerprint density at radius 3 is 2.11 bits per heavy atom. The van der Waals surface area contributed by atoms with E-state index >= 15 is 0 Å². The molecule has 0 radical (unpaired) electrons.